The van der Waals surface area contributed by atoms with Gasteiger partial charge in [-0.05, 0) is 20.5 Å². The van der Waals surface area contributed by atoms with Crippen LogP contribution in [-0.4, -0.2) is 57.1 Å². The van der Waals surface area contributed by atoms with Gasteiger partial charge in [-0.15, -0.1) is 0 Å². The molecule has 0 aromatic carbocycles. The van der Waals surface area contributed by atoms with Gasteiger partial charge in [0.15, 0.2) is 5.78 Å². The predicted molar refractivity (Wildman–Crippen MR) is 86.8 cm³/mol. The number of hydrogen-bond acceptors (Lipinski definition) is 5. The lowest BCUT2D eigenvalue weighted by Crippen LogP contribution is -2.47. The highest BCUT2D eigenvalue weighted by Gasteiger charge is 2.38. The third-order valence-corrected chi connectivity index (χ3v) is 3.85. The van der Waals surface area contributed by atoms with E-state index >= 15 is 0 Å². The Balaban J connectivity index is 2.27. The summed E-state index contributed by atoms with van der Waals surface area (Å²) in [5.41, 5.74) is 0. The predicted octanol–water partition coefficient (Wildman–Crippen LogP) is 2.98. The average molecular weight is 315 g/mol. The highest BCUT2D eigenvalue weighted by molar-refractivity contribution is 5.81. The van der Waals surface area contributed by atoms with Crippen molar-refractivity contribution >= 4 is 5.78 Å². The Morgan fingerprint density at radius 2 is 1.64 bits per heavy atom. The van der Waals surface area contributed by atoms with E-state index in [0.717, 1.165) is 19.4 Å². The molecule has 1 fully saturated rings. The molecule has 0 radical (unpaired) electrons. The van der Waals surface area contributed by atoms with Crippen LogP contribution in [0.5, 0.6) is 0 Å². The molecule has 0 saturated carbocycles. The lowest BCUT2D eigenvalue weighted by Gasteiger charge is -2.36. The van der Waals surface area contributed by atoms with Crippen molar-refractivity contribution in [1.82, 2.24) is 4.90 Å². The number of Topliss-reactive ketones (excluding diaryl/α,β-unsaturated/α-hetero) is 1. The zero-order chi connectivity index (χ0) is 16.3. The maximum Gasteiger partial charge on any atom is 0.283 e. The van der Waals surface area contributed by atoms with Gasteiger partial charge in [0.05, 0.1) is 6.61 Å². The summed E-state index contributed by atoms with van der Waals surface area (Å²) < 4.78 is 17.0. The van der Waals surface area contributed by atoms with Crippen LogP contribution in [0.4, 0.5) is 0 Å². The number of ketones is 1. The van der Waals surface area contributed by atoms with Crippen molar-refractivity contribution in [2.75, 3.05) is 40.5 Å². The SMILES string of the molecule is CCCCCCCCCC1(OCCN(C)C)OCC(=O)CO1. The second-order valence-corrected chi connectivity index (χ2v) is 6.32. The van der Waals surface area contributed by atoms with Crippen LogP contribution in [0.2, 0.25) is 0 Å². The van der Waals surface area contributed by atoms with E-state index in [4.69, 9.17) is 14.2 Å². The van der Waals surface area contributed by atoms with Crippen molar-refractivity contribution in [2.45, 2.75) is 64.3 Å². The number of rotatable bonds is 12. The summed E-state index contributed by atoms with van der Waals surface area (Å²) in [6.07, 6.45) is 9.31. The molecule has 0 N–H and O–H groups in total. The molecule has 1 heterocycles. The molecule has 0 unspecified atom stereocenters. The molecule has 0 atom stereocenters. The van der Waals surface area contributed by atoms with E-state index in [1.165, 1.54) is 32.1 Å². The van der Waals surface area contributed by atoms with Crippen LogP contribution in [0.3, 0.4) is 0 Å². The topological polar surface area (TPSA) is 48.0 Å². The van der Waals surface area contributed by atoms with Gasteiger partial charge in [0, 0.05) is 13.0 Å². The lowest BCUT2D eigenvalue weighted by molar-refractivity contribution is -0.389. The van der Waals surface area contributed by atoms with Crippen molar-refractivity contribution in [2.24, 2.45) is 0 Å². The van der Waals surface area contributed by atoms with Gasteiger partial charge in [-0.1, -0.05) is 45.4 Å². The molecule has 0 aliphatic carbocycles. The fourth-order valence-corrected chi connectivity index (χ4v) is 2.45. The minimum absolute atomic E-state index is 0.0219. The zero-order valence-corrected chi connectivity index (χ0v) is 14.6. The maximum absolute atomic E-state index is 11.3. The third kappa shape index (κ3) is 8.22. The number of ether oxygens (including phenoxy) is 3. The molecule has 1 saturated heterocycles. The standard InChI is InChI=1S/C17H33NO4/c1-4-5-6-7-8-9-10-11-17(20-13-12-18(2)3)21-14-16(19)15-22-17/h4-15H2,1-3H3. The summed E-state index contributed by atoms with van der Waals surface area (Å²) in [6.45, 7) is 3.77. The number of carbonyl (C=O) groups excluding carboxylic acids is 1. The first-order valence-electron chi connectivity index (χ1n) is 8.66. The Kier molecular flexibility index (Phi) is 9.87. The second-order valence-electron chi connectivity index (χ2n) is 6.32. The summed E-state index contributed by atoms with van der Waals surface area (Å²) in [6, 6.07) is 0. The van der Waals surface area contributed by atoms with Gasteiger partial charge in [0.25, 0.3) is 5.97 Å². The molecule has 0 spiro atoms. The van der Waals surface area contributed by atoms with Gasteiger partial charge in [-0.25, -0.2) is 0 Å². The van der Waals surface area contributed by atoms with Crippen LogP contribution in [0.15, 0.2) is 0 Å². The van der Waals surface area contributed by atoms with Crippen LogP contribution in [0, 0.1) is 0 Å². The van der Waals surface area contributed by atoms with Crippen molar-refractivity contribution in [1.29, 1.82) is 0 Å². The Bertz CT molecular complexity index is 297. The van der Waals surface area contributed by atoms with E-state index in [0.29, 0.717) is 13.0 Å². The number of unbranched alkanes of at least 4 members (excludes halogenated alkanes) is 6. The largest absolute Gasteiger partial charge is 0.326 e. The molecule has 1 aliphatic rings. The molecular formula is C17H33NO4. The fraction of sp³-hybridized carbons (Fsp3) is 0.941. The first-order chi connectivity index (χ1) is 10.6. The summed E-state index contributed by atoms with van der Waals surface area (Å²) in [5, 5.41) is 0. The first-order valence-corrected chi connectivity index (χ1v) is 8.66. The van der Waals surface area contributed by atoms with Crippen molar-refractivity contribution in [3.8, 4) is 0 Å². The van der Waals surface area contributed by atoms with Gasteiger partial charge in [0.2, 0.25) is 0 Å². The number of hydrogen-bond donors (Lipinski definition) is 0. The van der Waals surface area contributed by atoms with Crippen molar-refractivity contribution in [3.05, 3.63) is 0 Å². The van der Waals surface area contributed by atoms with E-state index in [9.17, 15) is 4.79 Å². The van der Waals surface area contributed by atoms with Crippen molar-refractivity contribution in [3.63, 3.8) is 0 Å². The van der Waals surface area contributed by atoms with Crippen LogP contribution in [-0.2, 0) is 19.0 Å². The highest BCUT2D eigenvalue weighted by Crippen LogP contribution is 2.26. The van der Waals surface area contributed by atoms with Crippen LogP contribution < -0.4 is 0 Å². The van der Waals surface area contributed by atoms with E-state index < -0.39 is 5.97 Å². The quantitative estimate of drug-likeness (QED) is 0.518. The van der Waals surface area contributed by atoms with Gasteiger partial charge >= 0.3 is 0 Å². The van der Waals surface area contributed by atoms with Gasteiger partial charge in [-0.3, -0.25) is 4.79 Å². The number of carbonyl (C=O) groups is 1. The minimum atomic E-state index is -1.01. The smallest absolute Gasteiger partial charge is 0.283 e. The summed E-state index contributed by atoms with van der Waals surface area (Å²) >= 11 is 0. The molecule has 0 bridgehead atoms. The molecule has 5 nitrogen and oxygen atoms in total. The van der Waals surface area contributed by atoms with E-state index in [1.54, 1.807) is 0 Å². The Morgan fingerprint density at radius 1 is 1.05 bits per heavy atom. The molecule has 130 valence electrons. The molecule has 1 aliphatic heterocycles. The summed E-state index contributed by atoms with van der Waals surface area (Å²) in [4.78, 5) is 13.3. The van der Waals surface area contributed by atoms with Crippen LogP contribution in [0.25, 0.3) is 0 Å². The normalized spacial score (nSPS) is 18.1. The first kappa shape index (κ1) is 19.6. The molecular weight excluding hydrogens is 282 g/mol. The highest BCUT2D eigenvalue weighted by atomic mass is 16.9. The summed E-state index contributed by atoms with van der Waals surface area (Å²) in [7, 11) is 4.00. The van der Waals surface area contributed by atoms with Crippen LogP contribution >= 0.6 is 0 Å². The van der Waals surface area contributed by atoms with Gasteiger partial charge in [-0.2, -0.15) is 0 Å². The third-order valence-electron chi connectivity index (χ3n) is 3.85. The molecule has 5 heteroatoms. The Morgan fingerprint density at radius 3 is 2.23 bits per heavy atom. The average Bonchev–Trinajstić information content (AvgIpc) is 2.49. The lowest BCUT2D eigenvalue weighted by atomic mass is 10.1. The number of nitrogens with zero attached hydrogens (tertiary/aromatic N) is 1. The van der Waals surface area contributed by atoms with Crippen molar-refractivity contribution < 1.29 is 19.0 Å². The Labute approximate surface area is 135 Å². The van der Waals surface area contributed by atoms with Crippen LogP contribution in [0.1, 0.15) is 58.3 Å². The number of likely N-dealkylation sites (N-methyl/N-ethyl adjacent to an activating group) is 1. The molecule has 0 aromatic rings. The van der Waals surface area contributed by atoms with E-state index in [-0.39, 0.29) is 19.0 Å². The summed E-state index contributed by atoms with van der Waals surface area (Å²) in [5.74, 6) is -1.03. The van der Waals surface area contributed by atoms with Gasteiger partial charge in [0.1, 0.15) is 13.2 Å². The van der Waals surface area contributed by atoms with Gasteiger partial charge < -0.3 is 19.1 Å². The molecule has 1 rings (SSSR count). The van der Waals surface area contributed by atoms with E-state index in [1.807, 2.05) is 14.1 Å². The molecule has 0 aromatic heterocycles. The fourth-order valence-electron chi connectivity index (χ4n) is 2.45. The monoisotopic (exact) mass is 315 g/mol. The second kappa shape index (κ2) is 11.1. The molecule has 22 heavy (non-hydrogen) atoms. The Hall–Kier alpha value is -0.490. The molecule has 0 amide bonds. The zero-order valence-electron chi connectivity index (χ0n) is 14.6. The minimum Gasteiger partial charge on any atom is -0.326 e. The van der Waals surface area contributed by atoms with E-state index in [2.05, 4.69) is 11.8 Å². The maximum atomic E-state index is 11.3.